The number of hydrogen-bond acceptors (Lipinski definition) is 6. The van der Waals surface area contributed by atoms with E-state index in [0.717, 1.165) is 12.3 Å². The number of aliphatic hydroxyl groups excluding tert-OH is 1. The minimum atomic E-state index is -3.48. The zero-order valence-electron chi connectivity index (χ0n) is 10.3. The van der Waals surface area contributed by atoms with E-state index in [4.69, 9.17) is 0 Å². The molecule has 1 N–H and O–H groups in total. The predicted molar refractivity (Wildman–Crippen MR) is 69.0 cm³/mol. The van der Waals surface area contributed by atoms with Gasteiger partial charge in [0, 0.05) is 25.4 Å². The summed E-state index contributed by atoms with van der Waals surface area (Å²) < 4.78 is 22.8. The minimum absolute atomic E-state index is 0.0808. The standard InChI is InChI=1S/C11H14N2O5S/c1-19(17,18)9-2-3-10(11(6-9)13(15)16)12-5-4-8(14)7-12/h2-3,6,8,14H,4-5,7H2,1H3/t8-/m0/s1. The van der Waals surface area contributed by atoms with Crippen molar-refractivity contribution in [1.82, 2.24) is 0 Å². The number of hydrogen-bond donors (Lipinski definition) is 1. The SMILES string of the molecule is CS(=O)(=O)c1ccc(N2CC[C@H](O)C2)c([N+](=O)[O-])c1. The quantitative estimate of drug-likeness (QED) is 0.644. The van der Waals surface area contributed by atoms with Crippen molar-refractivity contribution in [3.8, 4) is 0 Å². The van der Waals surface area contributed by atoms with Gasteiger partial charge in [0.1, 0.15) is 5.69 Å². The number of nitro benzene ring substituents is 1. The van der Waals surface area contributed by atoms with Gasteiger partial charge in [-0.3, -0.25) is 10.1 Å². The van der Waals surface area contributed by atoms with Crippen molar-refractivity contribution in [2.24, 2.45) is 0 Å². The molecule has 0 unspecified atom stereocenters. The van der Waals surface area contributed by atoms with Crippen molar-refractivity contribution in [3.05, 3.63) is 28.3 Å². The van der Waals surface area contributed by atoms with Crippen LogP contribution >= 0.6 is 0 Å². The Kier molecular flexibility index (Phi) is 3.46. The average Bonchev–Trinajstić information content (AvgIpc) is 2.73. The van der Waals surface area contributed by atoms with Crippen molar-refractivity contribution < 1.29 is 18.4 Å². The van der Waals surface area contributed by atoms with Gasteiger partial charge in [0.05, 0.1) is 15.9 Å². The fraction of sp³-hybridized carbons (Fsp3) is 0.455. The molecule has 0 aliphatic carbocycles. The van der Waals surface area contributed by atoms with Crippen LogP contribution in [0.1, 0.15) is 6.42 Å². The van der Waals surface area contributed by atoms with E-state index in [1.54, 1.807) is 4.90 Å². The number of β-amino-alcohol motifs (C(OH)–C–C–N with tert-alkyl or cyclic N) is 1. The van der Waals surface area contributed by atoms with E-state index in [0.29, 0.717) is 25.2 Å². The number of sulfone groups is 1. The number of nitrogens with zero attached hydrogens (tertiary/aromatic N) is 2. The Morgan fingerprint density at radius 3 is 2.63 bits per heavy atom. The third kappa shape index (κ3) is 2.85. The first-order valence-corrected chi connectivity index (χ1v) is 7.59. The lowest BCUT2D eigenvalue weighted by atomic mass is 10.2. The fourth-order valence-electron chi connectivity index (χ4n) is 2.11. The van der Waals surface area contributed by atoms with E-state index in [-0.39, 0.29) is 10.6 Å². The normalized spacial score (nSPS) is 19.7. The summed E-state index contributed by atoms with van der Waals surface area (Å²) in [6.45, 7) is 0.833. The Morgan fingerprint density at radius 1 is 1.47 bits per heavy atom. The molecule has 1 aliphatic heterocycles. The van der Waals surface area contributed by atoms with Crippen molar-refractivity contribution in [1.29, 1.82) is 0 Å². The van der Waals surface area contributed by atoms with Gasteiger partial charge >= 0.3 is 0 Å². The largest absolute Gasteiger partial charge is 0.391 e. The topological polar surface area (TPSA) is 101 Å². The fourth-order valence-corrected chi connectivity index (χ4v) is 2.75. The van der Waals surface area contributed by atoms with Crippen molar-refractivity contribution in [3.63, 3.8) is 0 Å². The molecule has 104 valence electrons. The highest BCUT2D eigenvalue weighted by atomic mass is 32.2. The van der Waals surface area contributed by atoms with Crippen LogP contribution in [0.4, 0.5) is 11.4 Å². The van der Waals surface area contributed by atoms with Gasteiger partial charge in [-0.2, -0.15) is 0 Å². The average molecular weight is 286 g/mol. The molecular formula is C11H14N2O5S. The van der Waals surface area contributed by atoms with Crippen LogP contribution in [-0.4, -0.2) is 43.9 Å². The maximum atomic E-state index is 11.4. The molecule has 2 rings (SSSR count). The second-order valence-electron chi connectivity index (χ2n) is 4.57. The summed E-state index contributed by atoms with van der Waals surface area (Å²) in [6.07, 6.45) is 1.05. The molecule has 1 aromatic rings. The third-order valence-electron chi connectivity index (χ3n) is 3.08. The Hall–Kier alpha value is -1.67. The van der Waals surface area contributed by atoms with Crippen molar-refractivity contribution in [2.45, 2.75) is 17.4 Å². The molecule has 0 spiro atoms. The predicted octanol–water partition coefficient (Wildman–Crippen LogP) is 0.569. The van der Waals surface area contributed by atoms with Crippen LogP contribution in [0.2, 0.25) is 0 Å². The molecule has 0 bridgehead atoms. The lowest BCUT2D eigenvalue weighted by molar-refractivity contribution is -0.384. The van der Waals surface area contributed by atoms with E-state index in [1.807, 2.05) is 0 Å². The molecule has 1 fully saturated rings. The van der Waals surface area contributed by atoms with Gasteiger partial charge in [0.15, 0.2) is 9.84 Å². The van der Waals surface area contributed by atoms with Gasteiger partial charge < -0.3 is 10.0 Å². The summed E-state index contributed by atoms with van der Waals surface area (Å²) in [5.74, 6) is 0. The zero-order chi connectivity index (χ0) is 14.2. The highest BCUT2D eigenvalue weighted by Gasteiger charge is 2.27. The van der Waals surface area contributed by atoms with E-state index >= 15 is 0 Å². The molecule has 1 aromatic carbocycles. The van der Waals surface area contributed by atoms with Gasteiger partial charge in [-0.15, -0.1) is 0 Å². The summed E-state index contributed by atoms with van der Waals surface area (Å²) in [5.41, 5.74) is 0.0889. The second-order valence-corrected chi connectivity index (χ2v) is 6.58. The van der Waals surface area contributed by atoms with E-state index in [1.165, 1.54) is 12.1 Å². The molecule has 0 aromatic heterocycles. The smallest absolute Gasteiger partial charge is 0.293 e. The number of nitro groups is 1. The van der Waals surface area contributed by atoms with Crippen LogP contribution in [0, 0.1) is 10.1 Å². The van der Waals surface area contributed by atoms with Crippen molar-refractivity contribution in [2.75, 3.05) is 24.2 Å². The first-order chi connectivity index (χ1) is 8.79. The lowest BCUT2D eigenvalue weighted by Gasteiger charge is -2.17. The van der Waals surface area contributed by atoms with Gasteiger partial charge in [0.2, 0.25) is 0 Å². The number of aliphatic hydroxyl groups is 1. The Labute approximate surface area is 110 Å². The molecule has 1 atom stereocenters. The third-order valence-corrected chi connectivity index (χ3v) is 4.19. The van der Waals surface area contributed by atoms with Gasteiger partial charge in [-0.05, 0) is 18.6 Å². The molecule has 19 heavy (non-hydrogen) atoms. The van der Waals surface area contributed by atoms with Crippen LogP contribution in [0.5, 0.6) is 0 Å². The van der Waals surface area contributed by atoms with Crippen LogP contribution in [0.15, 0.2) is 23.1 Å². The second kappa shape index (κ2) is 4.78. The minimum Gasteiger partial charge on any atom is -0.391 e. The Morgan fingerprint density at radius 2 is 2.16 bits per heavy atom. The van der Waals surface area contributed by atoms with Gasteiger partial charge in [-0.1, -0.05) is 0 Å². The number of benzene rings is 1. The lowest BCUT2D eigenvalue weighted by Crippen LogP contribution is -2.22. The first-order valence-electron chi connectivity index (χ1n) is 5.70. The summed E-state index contributed by atoms with van der Waals surface area (Å²) in [7, 11) is -3.48. The molecular weight excluding hydrogens is 272 g/mol. The van der Waals surface area contributed by atoms with Crippen LogP contribution in [-0.2, 0) is 9.84 Å². The summed E-state index contributed by atoms with van der Waals surface area (Å²) in [6, 6.07) is 3.84. The van der Waals surface area contributed by atoms with Gasteiger partial charge in [-0.25, -0.2) is 8.42 Å². The Balaban J connectivity index is 2.47. The highest BCUT2D eigenvalue weighted by Crippen LogP contribution is 2.32. The molecule has 0 saturated carbocycles. The zero-order valence-corrected chi connectivity index (χ0v) is 11.1. The maximum Gasteiger partial charge on any atom is 0.293 e. The molecule has 1 heterocycles. The van der Waals surface area contributed by atoms with E-state index in [9.17, 15) is 23.6 Å². The maximum absolute atomic E-state index is 11.4. The van der Waals surface area contributed by atoms with Crippen molar-refractivity contribution >= 4 is 21.2 Å². The molecule has 0 amide bonds. The van der Waals surface area contributed by atoms with E-state index in [2.05, 4.69) is 0 Å². The van der Waals surface area contributed by atoms with Crippen LogP contribution < -0.4 is 4.90 Å². The first kappa shape index (κ1) is 13.8. The summed E-state index contributed by atoms with van der Waals surface area (Å²) in [4.78, 5) is 12.1. The molecule has 7 nitrogen and oxygen atoms in total. The van der Waals surface area contributed by atoms with Crippen LogP contribution in [0.3, 0.4) is 0 Å². The Bertz CT molecular complexity index is 614. The van der Waals surface area contributed by atoms with E-state index < -0.39 is 20.9 Å². The summed E-state index contributed by atoms with van der Waals surface area (Å²) >= 11 is 0. The van der Waals surface area contributed by atoms with Crippen LogP contribution in [0.25, 0.3) is 0 Å². The number of anilines is 1. The summed E-state index contributed by atoms with van der Waals surface area (Å²) in [5, 5.41) is 20.5. The molecule has 1 saturated heterocycles. The molecule has 0 radical (unpaired) electrons. The number of rotatable bonds is 3. The monoisotopic (exact) mass is 286 g/mol. The highest BCUT2D eigenvalue weighted by molar-refractivity contribution is 7.90. The molecule has 8 heteroatoms. The molecule has 1 aliphatic rings. The van der Waals surface area contributed by atoms with Gasteiger partial charge in [0.25, 0.3) is 5.69 Å².